The summed E-state index contributed by atoms with van der Waals surface area (Å²) in [5.74, 6) is 0. The number of rotatable bonds is 4. The molecule has 0 bridgehead atoms. The monoisotopic (exact) mass is 423 g/mol. The highest BCUT2D eigenvalue weighted by Gasteiger charge is 2.47. The van der Waals surface area contributed by atoms with Gasteiger partial charge in [0.1, 0.15) is 0 Å². The molecule has 2 N–H and O–H groups in total. The molecule has 33 heavy (non-hydrogen) atoms. The van der Waals surface area contributed by atoms with E-state index in [2.05, 4.69) is 127 Å². The van der Waals surface area contributed by atoms with Crippen LogP contribution in [-0.2, 0) is 11.8 Å². The van der Waals surface area contributed by atoms with E-state index in [1.807, 2.05) is 0 Å². The molecule has 0 aromatic heterocycles. The van der Waals surface area contributed by atoms with Gasteiger partial charge in [-0.05, 0) is 57.0 Å². The van der Waals surface area contributed by atoms with Gasteiger partial charge in [0.15, 0.2) is 0 Å². The molecule has 0 aliphatic heterocycles. The topological polar surface area (TPSA) is 26.0 Å². The summed E-state index contributed by atoms with van der Waals surface area (Å²) in [6.45, 7) is 0. The van der Waals surface area contributed by atoms with Crippen LogP contribution in [0.4, 0.5) is 5.69 Å². The Morgan fingerprint density at radius 1 is 0.515 bits per heavy atom. The second kappa shape index (κ2) is 7.79. The van der Waals surface area contributed by atoms with Crippen molar-refractivity contribution in [3.05, 3.63) is 161 Å². The fourth-order valence-electron chi connectivity index (χ4n) is 5.63. The second-order valence-electron chi connectivity index (χ2n) is 8.75. The Hall–Kier alpha value is -4.10. The predicted molar refractivity (Wildman–Crippen MR) is 137 cm³/mol. The molecule has 0 heterocycles. The summed E-state index contributed by atoms with van der Waals surface area (Å²) in [4.78, 5) is 0. The van der Waals surface area contributed by atoms with Gasteiger partial charge in [0.2, 0.25) is 0 Å². The molecule has 0 fully saturated rings. The Kier molecular flexibility index (Phi) is 4.62. The number of hydrogen-bond acceptors (Lipinski definition) is 1. The molecular formula is C32H25N. The van der Waals surface area contributed by atoms with Crippen LogP contribution >= 0.6 is 0 Å². The van der Waals surface area contributed by atoms with Gasteiger partial charge in [-0.3, -0.25) is 0 Å². The normalized spacial score (nSPS) is 13.3. The molecule has 0 saturated heterocycles. The first-order valence-corrected chi connectivity index (χ1v) is 11.5. The number of fused-ring (bicyclic) bond motifs is 3. The van der Waals surface area contributed by atoms with Crippen LogP contribution in [0.5, 0.6) is 0 Å². The summed E-state index contributed by atoms with van der Waals surface area (Å²) in [6, 6.07) is 45.6. The van der Waals surface area contributed by atoms with Gasteiger partial charge in [-0.1, -0.05) is 121 Å². The van der Waals surface area contributed by atoms with Crippen LogP contribution in [0, 0.1) is 0 Å². The highest BCUT2D eigenvalue weighted by Crippen LogP contribution is 2.58. The highest BCUT2D eigenvalue weighted by molar-refractivity contribution is 5.89. The second-order valence-corrected chi connectivity index (χ2v) is 8.75. The van der Waals surface area contributed by atoms with Crippen molar-refractivity contribution in [3.8, 4) is 11.1 Å². The molecule has 0 spiro atoms. The largest absolute Gasteiger partial charge is 0.398 e. The zero-order chi connectivity index (χ0) is 22.3. The van der Waals surface area contributed by atoms with Crippen LogP contribution in [-0.4, -0.2) is 0 Å². The average Bonchev–Trinajstić information content (AvgIpc) is 3.19. The van der Waals surface area contributed by atoms with Gasteiger partial charge in [-0.15, -0.1) is 0 Å². The minimum atomic E-state index is -0.423. The first-order chi connectivity index (χ1) is 16.3. The summed E-state index contributed by atoms with van der Waals surface area (Å²) in [5.41, 5.74) is 17.4. The average molecular weight is 424 g/mol. The van der Waals surface area contributed by atoms with Crippen LogP contribution in [0.2, 0.25) is 0 Å². The van der Waals surface area contributed by atoms with E-state index in [-0.39, 0.29) is 0 Å². The van der Waals surface area contributed by atoms with Crippen LogP contribution in [0.3, 0.4) is 0 Å². The van der Waals surface area contributed by atoms with Gasteiger partial charge in [0.05, 0.1) is 5.41 Å². The number of nitrogens with two attached hydrogens (primary N) is 1. The lowest BCUT2D eigenvalue weighted by atomic mass is 9.66. The third kappa shape index (κ3) is 2.93. The van der Waals surface area contributed by atoms with E-state index in [0.29, 0.717) is 0 Å². The third-order valence-electron chi connectivity index (χ3n) is 6.98. The van der Waals surface area contributed by atoms with Crippen molar-refractivity contribution in [2.75, 3.05) is 5.73 Å². The molecule has 1 nitrogen and oxygen atoms in total. The molecule has 5 aromatic rings. The number of hydrogen-bond donors (Lipinski definition) is 1. The Morgan fingerprint density at radius 3 is 1.70 bits per heavy atom. The summed E-state index contributed by atoms with van der Waals surface area (Å²) >= 11 is 0. The lowest BCUT2D eigenvalue weighted by Gasteiger charge is -2.35. The Bertz CT molecular complexity index is 1380. The van der Waals surface area contributed by atoms with E-state index in [1.54, 1.807) is 0 Å². The smallest absolute Gasteiger partial charge is 0.0717 e. The molecule has 0 saturated carbocycles. The lowest BCUT2D eigenvalue weighted by Crippen LogP contribution is -2.30. The van der Waals surface area contributed by atoms with E-state index >= 15 is 0 Å². The molecule has 0 unspecified atom stereocenters. The van der Waals surface area contributed by atoms with Crippen LogP contribution in [0.25, 0.3) is 11.1 Å². The number of benzene rings is 5. The minimum Gasteiger partial charge on any atom is -0.398 e. The van der Waals surface area contributed by atoms with Gasteiger partial charge < -0.3 is 5.73 Å². The zero-order valence-electron chi connectivity index (χ0n) is 18.4. The lowest BCUT2D eigenvalue weighted by molar-refractivity contribution is 0.758. The third-order valence-corrected chi connectivity index (χ3v) is 6.98. The molecule has 0 atom stereocenters. The molecular weight excluding hydrogens is 398 g/mol. The van der Waals surface area contributed by atoms with Crippen LogP contribution < -0.4 is 5.73 Å². The molecule has 0 radical (unpaired) electrons. The standard InChI is InChI=1S/C32H25N/c33-30-21-20-27-26-18-10-11-19-29(26)32(24-14-6-2-7-15-24,25-16-8-3-9-17-25)31(27)28(30)22-23-12-4-1-5-13-23/h1-21H,22,33H2. The maximum Gasteiger partial charge on any atom is 0.0717 e. The Labute approximate surface area is 195 Å². The molecule has 1 aliphatic carbocycles. The van der Waals surface area contributed by atoms with Crippen LogP contribution in [0.15, 0.2) is 127 Å². The predicted octanol–water partition coefficient (Wildman–Crippen LogP) is 7.22. The highest BCUT2D eigenvalue weighted by atomic mass is 14.6. The van der Waals surface area contributed by atoms with Crippen molar-refractivity contribution in [3.63, 3.8) is 0 Å². The summed E-state index contributed by atoms with van der Waals surface area (Å²) in [7, 11) is 0. The van der Waals surface area contributed by atoms with Gasteiger partial charge >= 0.3 is 0 Å². The van der Waals surface area contributed by atoms with Crippen molar-refractivity contribution in [2.24, 2.45) is 0 Å². The summed E-state index contributed by atoms with van der Waals surface area (Å²) in [6.07, 6.45) is 0.797. The molecule has 5 aromatic carbocycles. The Balaban J connectivity index is 1.76. The van der Waals surface area contributed by atoms with Gasteiger partial charge in [-0.25, -0.2) is 0 Å². The van der Waals surface area contributed by atoms with Gasteiger partial charge in [-0.2, -0.15) is 0 Å². The van der Waals surface area contributed by atoms with E-state index in [0.717, 1.165) is 12.1 Å². The van der Waals surface area contributed by atoms with E-state index in [4.69, 9.17) is 5.73 Å². The fraction of sp³-hybridized carbons (Fsp3) is 0.0625. The quantitative estimate of drug-likeness (QED) is 0.298. The van der Waals surface area contributed by atoms with Crippen molar-refractivity contribution < 1.29 is 0 Å². The van der Waals surface area contributed by atoms with Crippen molar-refractivity contribution in [1.82, 2.24) is 0 Å². The molecule has 1 aliphatic rings. The maximum absolute atomic E-state index is 6.75. The maximum atomic E-state index is 6.75. The zero-order valence-corrected chi connectivity index (χ0v) is 18.4. The number of anilines is 1. The first kappa shape index (κ1) is 19.6. The molecule has 1 heteroatoms. The summed E-state index contributed by atoms with van der Waals surface area (Å²) < 4.78 is 0. The first-order valence-electron chi connectivity index (χ1n) is 11.5. The molecule has 6 rings (SSSR count). The van der Waals surface area contributed by atoms with Gasteiger partial charge in [0, 0.05) is 5.69 Å². The van der Waals surface area contributed by atoms with E-state index < -0.39 is 5.41 Å². The van der Waals surface area contributed by atoms with Gasteiger partial charge in [0.25, 0.3) is 0 Å². The molecule has 158 valence electrons. The van der Waals surface area contributed by atoms with Crippen molar-refractivity contribution in [1.29, 1.82) is 0 Å². The van der Waals surface area contributed by atoms with Crippen molar-refractivity contribution in [2.45, 2.75) is 11.8 Å². The summed E-state index contributed by atoms with van der Waals surface area (Å²) in [5, 5.41) is 0. The van der Waals surface area contributed by atoms with Crippen LogP contribution in [0.1, 0.15) is 33.4 Å². The number of nitrogen functional groups attached to an aromatic ring is 1. The molecule has 0 amide bonds. The Morgan fingerprint density at radius 2 is 1.06 bits per heavy atom. The van der Waals surface area contributed by atoms with E-state index in [9.17, 15) is 0 Å². The SMILES string of the molecule is Nc1ccc2c(c1Cc1ccccc1)C(c1ccccc1)(c1ccccc1)c1ccccc1-2. The minimum absolute atomic E-state index is 0.423. The van der Waals surface area contributed by atoms with E-state index in [1.165, 1.54) is 44.5 Å². The van der Waals surface area contributed by atoms with Crippen molar-refractivity contribution >= 4 is 5.69 Å². The fourth-order valence-corrected chi connectivity index (χ4v) is 5.63.